The summed E-state index contributed by atoms with van der Waals surface area (Å²) in [6.45, 7) is 3.84. The highest BCUT2D eigenvalue weighted by atomic mass is 32.2. The normalized spacial score (nSPS) is 18.8. The number of rotatable bonds is 5. The first-order valence-electron chi connectivity index (χ1n) is 10.8. The zero-order chi connectivity index (χ0) is 24.0. The van der Waals surface area contributed by atoms with E-state index in [-0.39, 0.29) is 41.3 Å². The highest BCUT2D eigenvalue weighted by molar-refractivity contribution is 7.91. The van der Waals surface area contributed by atoms with E-state index in [4.69, 9.17) is 0 Å². The number of phenolic OH excluding ortho intramolecular Hbond substituents is 1. The van der Waals surface area contributed by atoms with Crippen molar-refractivity contribution in [3.63, 3.8) is 0 Å². The van der Waals surface area contributed by atoms with Gasteiger partial charge in [0, 0.05) is 6.54 Å². The molecule has 0 bridgehead atoms. The van der Waals surface area contributed by atoms with Gasteiger partial charge in [0.25, 0.3) is 17.7 Å². The van der Waals surface area contributed by atoms with Gasteiger partial charge in [-0.1, -0.05) is 25.1 Å². The maximum atomic E-state index is 12.9. The lowest BCUT2D eigenvalue weighted by atomic mass is 9.84. The standard InChI is InChI=1S/C24H26N2O6S/c1-15-11-16(13-26-22(29)17-5-3-4-6-18(17)23(26)30)12-19(20(15)27)21(28)25-14-24(2)7-9-33(31,32)10-8-24/h3-6,11-12,27H,7-10,13-14H2,1-2H3,(H,25,28). The molecule has 0 aliphatic carbocycles. The Balaban J connectivity index is 1.50. The second kappa shape index (κ2) is 8.30. The van der Waals surface area contributed by atoms with Crippen molar-refractivity contribution in [2.75, 3.05) is 18.1 Å². The lowest BCUT2D eigenvalue weighted by Crippen LogP contribution is -2.41. The molecule has 0 aromatic heterocycles. The third-order valence-electron chi connectivity index (χ3n) is 6.53. The smallest absolute Gasteiger partial charge is 0.261 e. The first-order chi connectivity index (χ1) is 15.5. The van der Waals surface area contributed by atoms with Crippen molar-refractivity contribution < 1.29 is 27.9 Å². The summed E-state index contributed by atoms with van der Waals surface area (Å²) >= 11 is 0. The zero-order valence-electron chi connectivity index (χ0n) is 18.6. The Hall–Kier alpha value is -3.20. The molecule has 0 radical (unpaired) electrons. The maximum absolute atomic E-state index is 12.9. The van der Waals surface area contributed by atoms with Crippen LogP contribution in [-0.4, -0.2) is 54.2 Å². The van der Waals surface area contributed by atoms with Crippen molar-refractivity contribution in [1.29, 1.82) is 0 Å². The zero-order valence-corrected chi connectivity index (χ0v) is 19.4. The van der Waals surface area contributed by atoms with Gasteiger partial charge in [-0.05, 0) is 54.5 Å². The molecule has 0 spiro atoms. The Morgan fingerprint density at radius 3 is 2.24 bits per heavy atom. The van der Waals surface area contributed by atoms with Crippen molar-refractivity contribution in [3.05, 3.63) is 64.2 Å². The summed E-state index contributed by atoms with van der Waals surface area (Å²) in [6.07, 6.45) is 0.917. The van der Waals surface area contributed by atoms with Gasteiger partial charge in [-0.15, -0.1) is 0 Å². The van der Waals surface area contributed by atoms with Crippen LogP contribution in [0.3, 0.4) is 0 Å². The predicted molar refractivity (Wildman–Crippen MR) is 122 cm³/mol. The van der Waals surface area contributed by atoms with Gasteiger partial charge in [-0.3, -0.25) is 19.3 Å². The summed E-state index contributed by atoms with van der Waals surface area (Å²) < 4.78 is 23.4. The van der Waals surface area contributed by atoms with E-state index < -0.39 is 27.6 Å². The number of aromatic hydroxyl groups is 1. The molecule has 33 heavy (non-hydrogen) atoms. The van der Waals surface area contributed by atoms with Crippen LogP contribution < -0.4 is 5.32 Å². The quantitative estimate of drug-likeness (QED) is 0.648. The largest absolute Gasteiger partial charge is 0.507 e. The van der Waals surface area contributed by atoms with E-state index in [9.17, 15) is 27.9 Å². The van der Waals surface area contributed by atoms with Crippen LogP contribution in [-0.2, 0) is 16.4 Å². The van der Waals surface area contributed by atoms with E-state index in [0.29, 0.717) is 35.1 Å². The fourth-order valence-electron chi connectivity index (χ4n) is 4.28. The maximum Gasteiger partial charge on any atom is 0.261 e. The van der Waals surface area contributed by atoms with E-state index in [1.165, 1.54) is 6.07 Å². The molecule has 2 aliphatic rings. The van der Waals surface area contributed by atoms with Crippen molar-refractivity contribution >= 4 is 27.6 Å². The molecule has 1 saturated heterocycles. The lowest BCUT2D eigenvalue weighted by Gasteiger charge is -2.33. The lowest BCUT2D eigenvalue weighted by molar-refractivity contribution is 0.0642. The Bertz CT molecular complexity index is 1220. The monoisotopic (exact) mass is 470 g/mol. The van der Waals surface area contributed by atoms with Crippen molar-refractivity contribution in [1.82, 2.24) is 10.2 Å². The van der Waals surface area contributed by atoms with Gasteiger partial charge in [0.2, 0.25) is 0 Å². The van der Waals surface area contributed by atoms with Gasteiger partial charge >= 0.3 is 0 Å². The van der Waals surface area contributed by atoms with Crippen LogP contribution in [0.2, 0.25) is 0 Å². The van der Waals surface area contributed by atoms with E-state index in [1.807, 2.05) is 6.92 Å². The van der Waals surface area contributed by atoms with Crippen LogP contribution >= 0.6 is 0 Å². The van der Waals surface area contributed by atoms with Crippen LogP contribution in [0.4, 0.5) is 0 Å². The Morgan fingerprint density at radius 1 is 1.09 bits per heavy atom. The average molecular weight is 471 g/mol. The summed E-state index contributed by atoms with van der Waals surface area (Å²) in [4.78, 5) is 39.4. The molecule has 0 atom stereocenters. The summed E-state index contributed by atoms with van der Waals surface area (Å²) in [5, 5.41) is 13.3. The van der Waals surface area contributed by atoms with Gasteiger partial charge in [0.05, 0.1) is 34.7 Å². The number of phenols is 1. The molecular formula is C24H26N2O6S. The summed E-state index contributed by atoms with van der Waals surface area (Å²) in [6, 6.07) is 9.73. The Kier molecular flexibility index (Phi) is 5.78. The SMILES string of the molecule is Cc1cc(CN2C(=O)c3ccccc3C2=O)cc(C(=O)NCC2(C)CCS(=O)(=O)CC2)c1O. The predicted octanol–water partition coefficient (Wildman–Crippen LogP) is 2.44. The number of carbonyl (C=O) groups is 3. The highest BCUT2D eigenvalue weighted by Crippen LogP contribution is 2.32. The van der Waals surface area contributed by atoms with Gasteiger partial charge in [0.1, 0.15) is 15.6 Å². The number of imide groups is 1. The summed E-state index contributed by atoms with van der Waals surface area (Å²) in [7, 11) is -3.02. The number of amides is 3. The third-order valence-corrected chi connectivity index (χ3v) is 8.19. The van der Waals surface area contributed by atoms with Crippen LogP contribution in [0, 0.1) is 12.3 Å². The van der Waals surface area contributed by atoms with Crippen molar-refractivity contribution in [3.8, 4) is 5.75 Å². The van der Waals surface area contributed by atoms with Crippen molar-refractivity contribution in [2.45, 2.75) is 33.2 Å². The third kappa shape index (κ3) is 4.50. The number of nitrogens with zero attached hydrogens (tertiary/aromatic N) is 1. The number of sulfone groups is 1. The van der Waals surface area contributed by atoms with E-state index in [1.54, 1.807) is 37.3 Å². The van der Waals surface area contributed by atoms with E-state index in [0.717, 1.165) is 4.90 Å². The number of nitrogens with one attached hydrogen (secondary N) is 1. The molecule has 2 aromatic rings. The molecule has 1 fully saturated rings. The minimum absolute atomic E-state index is 0.0245. The minimum Gasteiger partial charge on any atom is -0.507 e. The van der Waals surface area contributed by atoms with Crippen LogP contribution in [0.25, 0.3) is 0 Å². The molecule has 4 rings (SSSR count). The van der Waals surface area contributed by atoms with Gasteiger partial charge in [-0.2, -0.15) is 0 Å². The molecule has 8 nitrogen and oxygen atoms in total. The van der Waals surface area contributed by atoms with Gasteiger partial charge in [0.15, 0.2) is 0 Å². The summed E-state index contributed by atoms with van der Waals surface area (Å²) in [5.41, 5.74) is 1.39. The van der Waals surface area contributed by atoms with E-state index in [2.05, 4.69) is 5.32 Å². The molecule has 174 valence electrons. The number of carbonyl (C=O) groups excluding carboxylic acids is 3. The summed E-state index contributed by atoms with van der Waals surface area (Å²) in [5.74, 6) is -1.26. The molecule has 2 aromatic carbocycles. The van der Waals surface area contributed by atoms with Gasteiger partial charge in [-0.25, -0.2) is 8.42 Å². The topological polar surface area (TPSA) is 121 Å². The fraction of sp³-hybridized carbons (Fsp3) is 0.375. The number of hydrogen-bond donors (Lipinski definition) is 2. The van der Waals surface area contributed by atoms with E-state index >= 15 is 0 Å². The highest BCUT2D eigenvalue weighted by Gasteiger charge is 2.36. The fourth-order valence-corrected chi connectivity index (χ4v) is 6.09. The van der Waals surface area contributed by atoms with Crippen LogP contribution in [0.15, 0.2) is 36.4 Å². The number of benzene rings is 2. The number of fused-ring (bicyclic) bond motifs is 1. The number of aryl methyl sites for hydroxylation is 1. The minimum atomic E-state index is -3.02. The average Bonchev–Trinajstić information content (AvgIpc) is 3.02. The first-order valence-corrected chi connectivity index (χ1v) is 12.6. The molecule has 2 aliphatic heterocycles. The molecule has 0 unspecified atom stereocenters. The second-order valence-corrected chi connectivity index (χ2v) is 11.5. The van der Waals surface area contributed by atoms with Crippen LogP contribution in [0.1, 0.15) is 62.0 Å². The number of hydrogen-bond acceptors (Lipinski definition) is 6. The molecule has 3 amide bonds. The first kappa shape index (κ1) is 23.0. The van der Waals surface area contributed by atoms with Gasteiger partial charge < -0.3 is 10.4 Å². The second-order valence-electron chi connectivity index (χ2n) is 9.20. The molecule has 2 N–H and O–H groups in total. The molecule has 9 heteroatoms. The molecule has 0 saturated carbocycles. The van der Waals surface area contributed by atoms with Crippen LogP contribution in [0.5, 0.6) is 5.75 Å². The Labute approximate surface area is 192 Å². The molecule has 2 heterocycles. The van der Waals surface area contributed by atoms with Crippen molar-refractivity contribution in [2.24, 2.45) is 5.41 Å². The Morgan fingerprint density at radius 2 is 1.67 bits per heavy atom. The molecular weight excluding hydrogens is 444 g/mol.